The standard InChI is InChI=1S/C15H22N4O3/c1-4-9-19-13(20)8-7-11(16-19)14(21)18-10-5-6-12(18)15(22)17(2)3/h7-8,12H,4-6,9-10H2,1-3H3. The van der Waals surface area contributed by atoms with Gasteiger partial charge in [-0.05, 0) is 25.3 Å². The van der Waals surface area contributed by atoms with Gasteiger partial charge in [0.2, 0.25) is 5.91 Å². The Hall–Kier alpha value is -2.18. The molecule has 1 aromatic heterocycles. The van der Waals surface area contributed by atoms with E-state index in [0.29, 0.717) is 19.5 Å². The normalized spacial score (nSPS) is 17.6. The molecular weight excluding hydrogens is 284 g/mol. The second-order valence-corrected chi connectivity index (χ2v) is 5.67. The van der Waals surface area contributed by atoms with Crippen LogP contribution in [0.4, 0.5) is 0 Å². The Morgan fingerprint density at radius 1 is 1.36 bits per heavy atom. The first-order valence-electron chi connectivity index (χ1n) is 7.56. The second kappa shape index (κ2) is 6.72. The van der Waals surface area contributed by atoms with Gasteiger partial charge in [0, 0.05) is 33.3 Å². The van der Waals surface area contributed by atoms with E-state index in [-0.39, 0.29) is 23.1 Å². The highest BCUT2D eigenvalue weighted by atomic mass is 16.2. The summed E-state index contributed by atoms with van der Waals surface area (Å²) in [4.78, 5) is 39.5. The van der Waals surface area contributed by atoms with Gasteiger partial charge in [0.15, 0.2) is 0 Å². The van der Waals surface area contributed by atoms with Crippen LogP contribution in [0.5, 0.6) is 0 Å². The van der Waals surface area contributed by atoms with Crippen molar-refractivity contribution in [1.82, 2.24) is 19.6 Å². The van der Waals surface area contributed by atoms with Crippen molar-refractivity contribution in [3.05, 3.63) is 28.2 Å². The SMILES string of the molecule is CCCn1nc(C(=O)N2CCCC2C(=O)N(C)C)ccc1=O. The minimum atomic E-state index is -0.434. The molecule has 2 rings (SSSR count). The number of likely N-dealkylation sites (N-methyl/N-ethyl adjacent to an activating group) is 1. The lowest BCUT2D eigenvalue weighted by Crippen LogP contribution is -2.46. The monoisotopic (exact) mass is 306 g/mol. The summed E-state index contributed by atoms with van der Waals surface area (Å²) in [5.74, 6) is -0.365. The molecule has 1 aromatic rings. The van der Waals surface area contributed by atoms with Crippen molar-refractivity contribution in [3.63, 3.8) is 0 Å². The number of carbonyl (C=O) groups excluding carboxylic acids is 2. The molecule has 120 valence electrons. The Balaban J connectivity index is 2.25. The topological polar surface area (TPSA) is 75.5 Å². The summed E-state index contributed by atoms with van der Waals surface area (Å²) in [6.07, 6.45) is 2.22. The van der Waals surface area contributed by atoms with E-state index in [2.05, 4.69) is 5.10 Å². The van der Waals surface area contributed by atoms with E-state index in [0.717, 1.165) is 12.8 Å². The molecule has 7 heteroatoms. The zero-order valence-electron chi connectivity index (χ0n) is 13.3. The van der Waals surface area contributed by atoms with Gasteiger partial charge in [0.25, 0.3) is 11.5 Å². The molecule has 1 unspecified atom stereocenters. The quantitative estimate of drug-likeness (QED) is 0.804. The van der Waals surface area contributed by atoms with E-state index in [9.17, 15) is 14.4 Å². The zero-order chi connectivity index (χ0) is 16.3. The maximum absolute atomic E-state index is 12.6. The summed E-state index contributed by atoms with van der Waals surface area (Å²) in [5.41, 5.74) is -0.00718. The van der Waals surface area contributed by atoms with Crippen LogP contribution in [-0.4, -0.2) is 58.1 Å². The first-order valence-corrected chi connectivity index (χ1v) is 7.56. The van der Waals surface area contributed by atoms with E-state index in [1.807, 2.05) is 6.92 Å². The third-order valence-electron chi connectivity index (χ3n) is 3.76. The summed E-state index contributed by atoms with van der Waals surface area (Å²) in [7, 11) is 3.37. The van der Waals surface area contributed by atoms with E-state index in [1.54, 1.807) is 19.0 Å². The van der Waals surface area contributed by atoms with Crippen molar-refractivity contribution in [2.24, 2.45) is 0 Å². The molecule has 1 fully saturated rings. The Labute approximate surface area is 129 Å². The molecule has 22 heavy (non-hydrogen) atoms. The van der Waals surface area contributed by atoms with Gasteiger partial charge in [-0.3, -0.25) is 14.4 Å². The molecule has 1 aliphatic heterocycles. The molecule has 0 saturated carbocycles. The molecule has 1 saturated heterocycles. The fourth-order valence-electron chi connectivity index (χ4n) is 2.65. The summed E-state index contributed by atoms with van der Waals surface area (Å²) < 4.78 is 1.30. The number of rotatable bonds is 4. The van der Waals surface area contributed by atoms with E-state index < -0.39 is 6.04 Å². The number of hydrogen-bond donors (Lipinski definition) is 0. The second-order valence-electron chi connectivity index (χ2n) is 5.67. The minimum absolute atomic E-state index is 0.0762. The highest BCUT2D eigenvalue weighted by Crippen LogP contribution is 2.20. The zero-order valence-corrected chi connectivity index (χ0v) is 13.3. The number of aromatic nitrogens is 2. The van der Waals surface area contributed by atoms with Crippen LogP contribution in [0.3, 0.4) is 0 Å². The number of hydrogen-bond acceptors (Lipinski definition) is 4. The van der Waals surface area contributed by atoms with Gasteiger partial charge in [-0.15, -0.1) is 0 Å². The maximum Gasteiger partial charge on any atom is 0.274 e. The molecular formula is C15H22N4O3. The van der Waals surface area contributed by atoms with E-state index in [4.69, 9.17) is 0 Å². The van der Waals surface area contributed by atoms with Crippen molar-refractivity contribution < 1.29 is 9.59 Å². The van der Waals surface area contributed by atoms with Crippen molar-refractivity contribution in [2.75, 3.05) is 20.6 Å². The summed E-state index contributed by atoms with van der Waals surface area (Å²) >= 11 is 0. The first kappa shape index (κ1) is 16.2. The molecule has 0 aliphatic carbocycles. The first-order chi connectivity index (χ1) is 10.5. The number of likely N-dealkylation sites (tertiary alicyclic amines) is 1. The summed E-state index contributed by atoms with van der Waals surface area (Å²) in [5, 5.41) is 4.13. The maximum atomic E-state index is 12.6. The Bertz CT molecular complexity index is 623. The van der Waals surface area contributed by atoms with Gasteiger partial charge in [0.1, 0.15) is 11.7 Å². The predicted molar refractivity (Wildman–Crippen MR) is 81.5 cm³/mol. The lowest BCUT2D eigenvalue weighted by Gasteiger charge is -2.26. The van der Waals surface area contributed by atoms with Crippen LogP contribution in [0, 0.1) is 0 Å². The van der Waals surface area contributed by atoms with Crippen molar-refractivity contribution in [3.8, 4) is 0 Å². The van der Waals surface area contributed by atoms with Crippen LogP contribution in [0.15, 0.2) is 16.9 Å². The predicted octanol–water partition coefficient (Wildman–Crippen LogP) is 0.346. The molecule has 1 aliphatic rings. The smallest absolute Gasteiger partial charge is 0.274 e. The van der Waals surface area contributed by atoms with Gasteiger partial charge >= 0.3 is 0 Å². The van der Waals surface area contributed by atoms with Gasteiger partial charge in [-0.2, -0.15) is 5.10 Å². The third-order valence-corrected chi connectivity index (χ3v) is 3.76. The van der Waals surface area contributed by atoms with Gasteiger partial charge in [-0.25, -0.2) is 4.68 Å². The lowest BCUT2D eigenvalue weighted by atomic mass is 10.2. The Morgan fingerprint density at radius 3 is 2.73 bits per heavy atom. The number of carbonyl (C=O) groups is 2. The average Bonchev–Trinajstić information content (AvgIpc) is 2.97. The molecule has 0 aromatic carbocycles. The highest BCUT2D eigenvalue weighted by Gasteiger charge is 2.35. The molecule has 2 amide bonds. The van der Waals surface area contributed by atoms with E-state index >= 15 is 0 Å². The molecule has 2 heterocycles. The van der Waals surface area contributed by atoms with Crippen LogP contribution in [-0.2, 0) is 11.3 Å². The average molecular weight is 306 g/mol. The van der Waals surface area contributed by atoms with Crippen LogP contribution < -0.4 is 5.56 Å². The highest BCUT2D eigenvalue weighted by molar-refractivity contribution is 5.96. The summed E-state index contributed by atoms with van der Waals surface area (Å²) in [6, 6.07) is 2.36. The molecule has 0 bridgehead atoms. The van der Waals surface area contributed by atoms with Crippen LogP contribution in [0.25, 0.3) is 0 Å². The van der Waals surface area contributed by atoms with Gasteiger partial charge < -0.3 is 9.80 Å². The molecule has 0 spiro atoms. The van der Waals surface area contributed by atoms with Crippen molar-refractivity contribution >= 4 is 11.8 Å². The van der Waals surface area contributed by atoms with Crippen LogP contribution >= 0.6 is 0 Å². The van der Waals surface area contributed by atoms with Crippen molar-refractivity contribution in [1.29, 1.82) is 0 Å². The largest absolute Gasteiger partial charge is 0.347 e. The minimum Gasteiger partial charge on any atom is -0.347 e. The molecule has 7 nitrogen and oxygen atoms in total. The van der Waals surface area contributed by atoms with Crippen LogP contribution in [0.1, 0.15) is 36.7 Å². The molecule has 0 radical (unpaired) electrons. The third kappa shape index (κ3) is 3.18. The number of amides is 2. The molecule has 0 N–H and O–H groups in total. The Morgan fingerprint density at radius 2 is 2.09 bits per heavy atom. The van der Waals surface area contributed by atoms with Gasteiger partial charge in [0.05, 0.1) is 0 Å². The van der Waals surface area contributed by atoms with E-state index in [1.165, 1.54) is 21.7 Å². The van der Waals surface area contributed by atoms with Crippen molar-refractivity contribution in [2.45, 2.75) is 38.8 Å². The number of aryl methyl sites for hydroxylation is 1. The van der Waals surface area contributed by atoms with Gasteiger partial charge in [-0.1, -0.05) is 6.92 Å². The van der Waals surface area contributed by atoms with Crippen LogP contribution in [0.2, 0.25) is 0 Å². The fourth-order valence-corrected chi connectivity index (χ4v) is 2.65. The number of nitrogens with zero attached hydrogens (tertiary/aromatic N) is 4. The lowest BCUT2D eigenvalue weighted by molar-refractivity contribution is -0.132. The fraction of sp³-hybridized carbons (Fsp3) is 0.600. The molecule has 1 atom stereocenters. The Kier molecular flexibility index (Phi) is 4.95. The summed E-state index contributed by atoms with van der Waals surface area (Å²) in [6.45, 7) is 2.95.